The first-order chi connectivity index (χ1) is 21.7. The lowest BCUT2D eigenvalue weighted by molar-refractivity contribution is -0.936. The predicted octanol–water partition coefficient (Wildman–Crippen LogP) is 8.08. The largest absolute Gasteiger partial charge is 0.311 e. The van der Waals surface area contributed by atoms with Gasteiger partial charge in [0, 0.05) is 58.6 Å². The van der Waals surface area contributed by atoms with Crippen molar-refractivity contribution in [1.29, 1.82) is 0 Å². The maximum atomic E-state index is 2.75. The van der Waals surface area contributed by atoms with E-state index in [1.807, 2.05) is 0 Å². The van der Waals surface area contributed by atoms with Crippen LogP contribution in [-0.4, -0.2) is 32.2 Å². The second-order valence-corrected chi connectivity index (χ2v) is 14.0. The molecule has 5 unspecified atom stereocenters. The maximum Gasteiger partial charge on any atom is 0.126 e. The smallest absolute Gasteiger partial charge is 0.126 e. The van der Waals surface area contributed by atoms with Crippen molar-refractivity contribution in [2.45, 2.75) is 70.4 Å². The molecule has 1 spiro atoms. The Kier molecular flexibility index (Phi) is 5.16. The van der Waals surface area contributed by atoms with Crippen LogP contribution >= 0.6 is 0 Å². The molecule has 10 rings (SSSR count). The van der Waals surface area contributed by atoms with Gasteiger partial charge in [-0.3, -0.25) is 4.48 Å². The van der Waals surface area contributed by atoms with E-state index in [0.29, 0.717) is 23.9 Å². The molecule has 4 aromatic rings. The summed E-state index contributed by atoms with van der Waals surface area (Å²) in [6.45, 7) is 5.86. The van der Waals surface area contributed by atoms with Crippen molar-refractivity contribution in [3.63, 3.8) is 0 Å². The summed E-state index contributed by atoms with van der Waals surface area (Å²) in [4.78, 5) is 0. The zero-order chi connectivity index (χ0) is 29.2. The molecule has 0 radical (unpaired) electrons. The lowest BCUT2D eigenvalue weighted by atomic mass is 9.77. The monoisotopic (exact) mass is 574 g/mol. The van der Waals surface area contributed by atoms with Crippen LogP contribution in [0.1, 0.15) is 69.5 Å². The first-order valence-electron chi connectivity index (χ1n) is 16.9. The average molecular weight is 575 g/mol. The number of piperidine rings is 1. The standard InChI is InChI=1S/C41H40N3/c1-3-4-5-14-36-26(2)44-25-28-22-29(19-21-35-33-12-7-9-16-38(33)43(36)41(28)35)42-37-15-8-6-11-32(37)34-20-18-27(23-30(44)24-39(34)42)31-13-10-17-40(31)44/h3-4,6-9,11-12,15-16,18-22,24,28,30-31,40H,5,10,13-14,17,23,25H2,1-2H3/q+1. The highest BCUT2D eigenvalue weighted by Gasteiger charge is 2.58. The summed E-state index contributed by atoms with van der Waals surface area (Å²) >= 11 is 0. The maximum absolute atomic E-state index is 2.75. The molecule has 44 heavy (non-hydrogen) atoms. The van der Waals surface area contributed by atoms with E-state index in [2.05, 4.69) is 120 Å². The minimum Gasteiger partial charge on any atom is -0.311 e. The fraction of sp³-hybridized carbons (Fsp3) is 0.317. The number of quaternary nitrogens is 1. The molecular formula is C41H40N3+. The van der Waals surface area contributed by atoms with E-state index in [-0.39, 0.29) is 0 Å². The van der Waals surface area contributed by atoms with Gasteiger partial charge >= 0.3 is 0 Å². The van der Waals surface area contributed by atoms with Crippen LogP contribution in [0.25, 0.3) is 51.4 Å². The predicted molar refractivity (Wildman–Crippen MR) is 184 cm³/mol. The Labute approximate surface area is 259 Å². The third kappa shape index (κ3) is 3.06. The SMILES string of the molecule is CC=CCCC1=C(C)[N+]23CC4C=C(C=Cc5c4n1c1ccccc51)n1c4c(c5ccccc51)=CC=C(CC2C=4)C1CCCC13. The first-order valence-corrected chi connectivity index (χ1v) is 16.9. The second-order valence-electron chi connectivity index (χ2n) is 14.0. The third-order valence-corrected chi connectivity index (χ3v) is 12.3. The van der Waals surface area contributed by atoms with E-state index in [1.165, 1.54) is 75.0 Å². The van der Waals surface area contributed by atoms with E-state index in [0.717, 1.165) is 23.9 Å². The number of nitrogens with zero attached hydrogens (tertiary/aromatic N) is 3. The molecule has 3 aliphatic carbocycles. The van der Waals surface area contributed by atoms with Crippen LogP contribution < -0.4 is 10.6 Å². The Hall–Kier alpha value is -4.08. The molecule has 5 heterocycles. The molecule has 2 aromatic heterocycles. The Bertz CT molecular complexity index is 2210. The molecule has 3 nitrogen and oxygen atoms in total. The average Bonchev–Trinajstić information content (AvgIpc) is 3.68. The molecule has 2 fully saturated rings. The molecular weight excluding hydrogens is 534 g/mol. The highest BCUT2D eigenvalue weighted by atomic mass is 15.4. The first kappa shape index (κ1) is 25.3. The van der Waals surface area contributed by atoms with Crippen LogP contribution in [0.3, 0.4) is 0 Å². The number of rotatable bonds is 3. The van der Waals surface area contributed by atoms with Gasteiger partial charge in [-0.25, -0.2) is 0 Å². The Morgan fingerprint density at radius 3 is 2.59 bits per heavy atom. The minimum atomic E-state index is 0.319. The lowest BCUT2D eigenvalue weighted by Crippen LogP contribution is -2.65. The topological polar surface area (TPSA) is 9.86 Å². The van der Waals surface area contributed by atoms with Gasteiger partial charge in [0.05, 0.1) is 34.5 Å². The van der Waals surface area contributed by atoms with Crippen molar-refractivity contribution in [1.82, 2.24) is 9.13 Å². The van der Waals surface area contributed by atoms with Gasteiger partial charge in [0.2, 0.25) is 0 Å². The number of allylic oxidation sites excluding steroid dienone is 7. The summed E-state index contributed by atoms with van der Waals surface area (Å²) in [5, 5.41) is 5.55. The second kappa shape index (κ2) is 8.99. The zero-order valence-electron chi connectivity index (χ0n) is 25.8. The summed E-state index contributed by atoms with van der Waals surface area (Å²) in [7, 11) is 0. The number of fused-ring (bicyclic) bond motifs is 10. The molecule has 1 saturated heterocycles. The fourth-order valence-electron chi connectivity index (χ4n) is 10.6. The van der Waals surface area contributed by atoms with Crippen LogP contribution in [0, 0.1) is 5.92 Å². The van der Waals surface area contributed by atoms with E-state index in [9.17, 15) is 0 Å². The summed E-state index contributed by atoms with van der Waals surface area (Å²) in [6, 6.07) is 19.4. The van der Waals surface area contributed by atoms with E-state index in [1.54, 1.807) is 17.0 Å². The molecule has 6 bridgehead atoms. The van der Waals surface area contributed by atoms with Gasteiger partial charge in [-0.05, 0) is 63.0 Å². The molecule has 2 aromatic carbocycles. The number of para-hydroxylation sites is 2. The summed E-state index contributed by atoms with van der Waals surface area (Å²) in [5.41, 5.74) is 11.8. The van der Waals surface area contributed by atoms with Crippen molar-refractivity contribution >= 4 is 51.4 Å². The van der Waals surface area contributed by atoms with Crippen molar-refractivity contribution in [3.8, 4) is 0 Å². The number of benzene rings is 2. The van der Waals surface area contributed by atoms with Crippen molar-refractivity contribution in [3.05, 3.63) is 112 Å². The van der Waals surface area contributed by atoms with Crippen LogP contribution in [0.2, 0.25) is 0 Å². The van der Waals surface area contributed by atoms with E-state index < -0.39 is 0 Å². The van der Waals surface area contributed by atoms with Crippen LogP contribution in [0.15, 0.2) is 90.2 Å². The third-order valence-electron chi connectivity index (χ3n) is 12.3. The molecule has 218 valence electrons. The van der Waals surface area contributed by atoms with Crippen LogP contribution in [-0.2, 0) is 0 Å². The van der Waals surface area contributed by atoms with Crippen LogP contribution in [0.5, 0.6) is 0 Å². The van der Waals surface area contributed by atoms with Crippen molar-refractivity contribution in [2.24, 2.45) is 5.92 Å². The molecule has 3 aliphatic heterocycles. The van der Waals surface area contributed by atoms with Gasteiger partial charge in [-0.2, -0.15) is 0 Å². The van der Waals surface area contributed by atoms with Crippen LogP contribution in [0.4, 0.5) is 0 Å². The van der Waals surface area contributed by atoms with E-state index >= 15 is 0 Å². The van der Waals surface area contributed by atoms with Gasteiger partial charge in [0.15, 0.2) is 0 Å². The van der Waals surface area contributed by atoms with E-state index in [4.69, 9.17) is 0 Å². The molecule has 3 heteroatoms. The van der Waals surface area contributed by atoms with Gasteiger partial charge in [0.25, 0.3) is 0 Å². The molecule has 0 N–H and O–H groups in total. The lowest BCUT2D eigenvalue weighted by Gasteiger charge is -2.54. The number of aromatic nitrogens is 2. The van der Waals surface area contributed by atoms with Gasteiger partial charge in [0.1, 0.15) is 17.8 Å². The zero-order valence-corrected chi connectivity index (χ0v) is 25.8. The highest BCUT2D eigenvalue weighted by Crippen LogP contribution is 2.55. The van der Waals surface area contributed by atoms with Gasteiger partial charge < -0.3 is 9.13 Å². The van der Waals surface area contributed by atoms with Crippen molar-refractivity contribution < 1.29 is 4.48 Å². The summed E-state index contributed by atoms with van der Waals surface area (Å²) < 4.78 is 6.48. The van der Waals surface area contributed by atoms with Crippen molar-refractivity contribution in [2.75, 3.05) is 6.54 Å². The minimum absolute atomic E-state index is 0.319. The Balaban J connectivity index is 1.42. The molecule has 0 amide bonds. The highest BCUT2D eigenvalue weighted by molar-refractivity contribution is 5.97. The number of hydrogen-bond acceptors (Lipinski definition) is 0. The summed E-state index contributed by atoms with van der Waals surface area (Å²) in [6.07, 6.45) is 27.3. The quantitative estimate of drug-likeness (QED) is 0.173. The van der Waals surface area contributed by atoms with Gasteiger partial charge in [-0.1, -0.05) is 72.4 Å². The molecule has 5 atom stereocenters. The van der Waals surface area contributed by atoms with Gasteiger partial charge in [-0.15, -0.1) is 0 Å². The summed E-state index contributed by atoms with van der Waals surface area (Å²) in [5.74, 6) is 0.985. The molecule has 1 saturated carbocycles. The fourth-order valence-corrected chi connectivity index (χ4v) is 10.6. The number of hydrogen-bond donors (Lipinski definition) is 0. The molecule has 6 aliphatic rings. The Morgan fingerprint density at radius 1 is 0.909 bits per heavy atom. The normalized spacial score (nSPS) is 29.3. The Morgan fingerprint density at radius 2 is 1.73 bits per heavy atom.